The van der Waals surface area contributed by atoms with E-state index in [1.807, 2.05) is 6.07 Å². The highest BCUT2D eigenvalue weighted by Crippen LogP contribution is 2.31. The third kappa shape index (κ3) is 4.30. The van der Waals surface area contributed by atoms with Gasteiger partial charge in [0.25, 0.3) is 0 Å². The molecule has 9 heteroatoms. The number of rotatable bonds is 2. The van der Waals surface area contributed by atoms with Crippen molar-refractivity contribution in [3.05, 3.63) is 89.0 Å². The van der Waals surface area contributed by atoms with Crippen LogP contribution in [0.4, 0.5) is 18.0 Å². The van der Waals surface area contributed by atoms with Gasteiger partial charge in [0.1, 0.15) is 12.0 Å². The number of benzene rings is 2. The number of amidine groups is 1. The molecule has 2 aliphatic heterocycles. The number of amides is 2. The molecule has 0 fully saturated rings. The fourth-order valence-corrected chi connectivity index (χ4v) is 3.25. The number of alkyl halides is 3. The third-order valence-electron chi connectivity index (χ3n) is 4.89. The monoisotopic (exact) mass is 435 g/mol. The summed E-state index contributed by atoms with van der Waals surface area (Å²) in [5.41, 5.74) is 2.04. The number of aliphatic imine (C=N–C) groups is 1. The molecule has 0 bridgehead atoms. The first-order valence-corrected chi connectivity index (χ1v) is 9.56. The fourth-order valence-electron chi connectivity index (χ4n) is 3.25. The number of hydrogen-bond acceptors (Lipinski definition) is 4. The first-order chi connectivity index (χ1) is 15.2. The third-order valence-corrected chi connectivity index (χ3v) is 4.89. The predicted octanol–water partition coefficient (Wildman–Crippen LogP) is 4.70. The summed E-state index contributed by atoms with van der Waals surface area (Å²) in [4.78, 5) is 16.8. The Hall–Kier alpha value is -4.19. The van der Waals surface area contributed by atoms with Gasteiger partial charge in [0.2, 0.25) is 0 Å². The van der Waals surface area contributed by atoms with Crippen molar-refractivity contribution in [1.82, 2.24) is 10.3 Å². The molecular weight excluding hydrogens is 419 g/mol. The summed E-state index contributed by atoms with van der Waals surface area (Å²) in [7, 11) is 0. The number of nitrogens with one attached hydrogen (secondary N) is 1. The molecule has 32 heavy (non-hydrogen) atoms. The van der Waals surface area contributed by atoms with Gasteiger partial charge < -0.3 is 5.32 Å². The van der Waals surface area contributed by atoms with Crippen molar-refractivity contribution in [3.8, 4) is 6.07 Å². The normalized spacial score (nSPS) is 22.6. The van der Waals surface area contributed by atoms with Crippen LogP contribution in [0.1, 0.15) is 29.2 Å². The van der Waals surface area contributed by atoms with Crippen molar-refractivity contribution in [2.45, 2.75) is 19.3 Å². The summed E-state index contributed by atoms with van der Waals surface area (Å²) < 4.78 is 38.8. The summed E-state index contributed by atoms with van der Waals surface area (Å²) in [5.74, 6) is 0.307. The highest BCUT2D eigenvalue weighted by Gasteiger charge is 2.31. The molecule has 0 aromatic heterocycles. The van der Waals surface area contributed by atoms with Crippen LogP contribution < -0.4 is 5.32 Å². The Balaban J connectivity index is 1.71. The lowest BCUT2D eigenvalue weighted by atomic mass is 10.0. The SMILES string of the molecule is CC1=N/N2C(=O)N=C(c3ccc(C#N)cc3)NC2/C=C(c2ccc(C(F)(F)F)cc2)/C=C\1. The molecule has 0 radical (unpaired) electrons. The van der Waals surface area contributed by atoms with Gasteiger partial charge in [-0.05, 0) is 66.6 Å². The Morgan fingerprint density at radius 1 is 1.03 bits per heavy atom. The number of fused-ring (bicyclic) bond motifs is 1. The van der Waals surface area contributed by atoms with Gasteiger partial charge in [-0.3, -0.25) is 0 Å². The highest BCUT2D eigenvalue weighted by molar-refractivity contribution is 6.07. The molecule has 160 valence electrons. The molecule has 2 heterocycles. The lowest BCUT2D eigenvalue weighted by Gasteiger charge is -2.31. The van der Waals surface area contributed by atoms with E-state index >= 15 is 0 Å². The molecule has 0 aliphatic carbocycles. The number of halogens is 3. The molecule has 0 spiro atoms. The second-order valence-electron chi connectivity index (χ2n) is 7.14. The van der Waals surface area contributed by atoms with E-state index in [-0.39, 0.29) is 0 Å². The van der Waals surface area contributed by atoms with Crippen LogP contribution in [0, 0.1) is 11.3 Å². The van der Waals surface area contributed by atoms with Gasteiger partial charge in [0.05, 0.1) is 22.9 Å². The van der Waals surface area contributed by atoms with Crippen molar-refractivity contribution < 1.29 is 18.0 Å². The number of hydrazone groups is 1. The van der Waals surface area contributed by atoms with Crippen LogP contribution in [0.5, 0.6) is 0 Å². The number of nitrogens with zero attached hydrogens (tertiary/aromatic N) is 4. The van der Waals surface area contributed by atoms with Gasteiger partial charge in [0, 0.05) is 5.56 Å². The molecule has 1 unspecified atom stereocenters. The highest BCUT2D eigenvalue weighted by atomic mass is 19.4. The first-order valence-electron chi connectivity index (χ1n) is 9.56. The van der Waals surface area contributed by atoms with Crippen LogP contribution in [0.25, 0.3) is 5.57 Å². The molecule has 0 saturated heterocycles. The zero-order valence-electron chi connectivity index (χ0n) is 16.8. The topological polar surface area (TPSA) is 80.8 Å². The maximum atomic E-state index is 12.9. The van der Waals surface area contributed by atoms with Gasteiger partial charge >= 0.3 is 12.2 Å². The molecule has 4 rings (SSSR count). The number of carbonyl (C=O) groups is 1. The Labute approximate surface area is 181 Å². The van der Waals surface area contributed by atoms with Crippen molar-refractivity contribution in [2.75, 3.05) is 0 Å². The second kappa shape index (κ2) is 8.15. The molecule has 1 atom stereocenters. The van der Waals surface area contributed by atoms with Gasteiger partial charge in [-0.2, -0.15) is 33.5 Å². The van der Waals surface area contributed by atoms with Crippen LogP contribution in [0.2, 0.25) is 0 Å². The molecule has 2 aromatic rings. The Bertz CT molecular complexity index is 1220. The van der Waals surface area contributed by atoms with E-state index in [0.29, 0.717) is 33.8 Å². The second-order valence-corrected chi connectivity index (χ2v) is 7.14. The number of urea groups is 1. The van der Waals surface area contributed by atoms with Crippen molar-refractivity contribution in [3.63, 3.8) is 0 Å². The minimum absolute atomic E-state index is 0.307. The number of carbonyl (C=O) groups excluding carboxylic acids is 1. The van der Waals surface area contributed by atoms with E-state index in [1.165, 1.54) is 17.1 Å². The lowest BCUT2D eigenvalue weighted by molar-refractivity contribution is -0.137. The molecule has 2 aromatic carbocycles. The predicted molar refractivity (Wildman–Crippen MR) is 114 cm³/mol. The summed E-state index contributed by atoms with van der Waals surface area (Å²) in [6, 6.07) is 12.8. The van der Waals surface area contributed by atoms with Gasteiger partial charge in [-0.25, -0.2) is 4.79 Å². The zero-order chi connectivity index (χ0) is 22.9. The van der Waals surface area contributed by atoms with Crippen LogP contribution in [0.15, 0.2) is 76.9 Å². The van der Waals surface area contributed by atoms with Gasteiger partial charge in [-0.1, -0.05) is 18.2 Å². The molecule has 1 N–H and O–H groups in total. The molecule has 0 saturated carbocycles. The van der Waals surface area contributed by atoms with Crippen molar-refractivity contribution >= 4 is 23.2 Å². The Kier molecular flexibility index (Phi) is 5.36. The van der Waals surface area contributed by atoms with E-state index in [9.17, 15) is 18.0 Å². The first kappa shape index (κ1) is 21.1. The quantitative estimate of drug-likeness (QED) is 0.742. The summed E-state index contributed by atoms with van der Waals surface area (Å²) in [5, 5.41) is 17.6. The standard InChI is InChI=1S/C23H16F3N5O/c1-14-2-5-18(16-8-10-19(11-9-16)23(24,25)26)12-20-28-21(29-22(32)31(20)30-14)17-6-3-15(13-27)4-7-17/h2-12,20H,1H3,(H,28,29,32)/b5-2-,18-12-,30-14-. The molecule has 2 aliphatic rings. The zero-order valence-corrected chi connectivity index (χ0v) is 16.8. The molecular formula is C23H16F3N5O. The van der Waals surface area contributed by atoms with Crippen LogP contribution in [-0.2, 0) is 6.18 Å². The number of hydrogen-bond donors (Lipinski definition) is 1. The minimum Gasteiger partial charge on any atom is -0.344 e. The Morgan fingerprint density at radius 3 is 2.31 bits per heavy atom. The van der Waals surface area contributed by atoms with Crippen molar-refractivity contribution in [1.29, 1.82) is 5.26 Å². The fraction of sp³-hybridized carbons (Fsp3) is 0.130. The van der Waals surface area contributed by atoms with Crippen molar-refractivity contribution in [2.24, 2.45) is 10.1 Å². The summed E-state index contributed by atoms with van der Waals surface area (Å²) >= 11 is 0. The van der Waals surface area contributed by atoms with E-state index in [0.717, 1.165) is 12.1 Å². The lowest BCUT2D eigenvalue weighted by Crippen LogP contribution is -2.51. The molecule has 2 amide bonds. The van der Waals surface area contributed by atoms with Gasteiger partial charge in [-0.15, -0.1) is 0 Å². The average Bonchev–Trinajstić information content (AvgIpc) is 2.76. The van der Waals surface area contributed by atoms with Crippen LogP contribution in [0.3, 0.4) is 0 Å². The number of allylic oxidation sites excluding steroid dienone is 3. The summed E-state index contributed by atoms with van der Waals surface area (Å²) in [6.45, 7) is 1.70. The van der Waals surface area contributed by atoms with E-state index < -0.39 is 23.9 Å². The summed E-state index contributed by atoms with van der Waals surface area (Å²) in [6.07, 6.45) is -0.0354. The van der Waals surface area contributed by atoms with E-state index in [4.69, 9.17) is 5.26 Å². The molecule has 6 nitrogen and oxygen atoms in total. The smallest absolute Gasteiger partial charge is 0.344 e. The minimum atomic E-state index is -4.42. The van der Waals surface area contributed by atoms with Crippen LogP contribution in [-0.4, -0.2) is 28.8 Å². The maximum absolute atomic E-state index is 12.9. The van der Waals surface area contributed by atoms with Crippen LogP contribution >= 0.6 is 0 Å². The Morgan fingerprint density at radius 2 is 1.69 bits per heavy atom. The van der Waals surface area contributed by atoms with E-state index in [2.05, 4.69) is 15.4 Å². The number of nitriles is 1. The van der Waals surface area contributed by atoms with Gasteiger partial charge in [0.15, 0.2) is 0 Å². The largest absolute Gasteiger partial charge is 0.416 e. The van der Waals surface area contributed by atoms with E-state index in [1.54, 1.807) is 49.4 Å². The maximum Gasteiger partial charge on any atom is 0.416 e. The average molecular weight is 435 g/mol.